The normalized spacial score (nSPS) is 29.6. The number of rotatable bonds is 2. The fourth-order valence-corrected chi connectivity index (χ4v) is 2.90. The Kier molecular flexibility index (Phi) is 2.50. The van der Waals surface area contributed by atoms with Crippen molar-refractivity contribution in [2.24, 2.45) is 11.8 Å². The van der Waals surface area contributed by atoms with E-state index < -0.39 is 0 Å². The quantitative estimate of drug-likeness (QED) is 0.773. The van der Waals surface area contributed by atoms with Crippen LogP contribution in [0.15, 0.2) is 36.4 Å². The van der Waals surface area contributed by atoms with Gasteiger partial charge in [0.1, 0.15) is 0 Å². The van der Waals surface area contributed by atoms with E-state index >= 15 is 0 Å². The molecule has 88 valence electrons. The van der Waals surface area contributed by atoms with Crippen LogP contribution in [0.1, 0.15) is 28.8 Å². The van der Waals surface area contributed by atoms with Gasteiger partial charge in [0.05, 0.1) is 0 Å². The number of nitrogens with one attached hydrogen (secondary N) is 1. The van der Waals surface area contributed by atoms with Gasteiger partial charge >= 0.3 is 0 Å². The molecular weight excluding hydrogens is 210 g/mol. The summed E-state index contributed by atoms with van der Waals surface area (Å²) in [6.45, 7) is 2.03. The maximum atomic E-state index is 12.1. The molecule has 0 saturated heterocycles. The number of aryl methyl sites for hydroxylation is 1. The number of amides is 1. The number of allylic oxidation sites excluding steroid dienone is 1. The zero-order chi connectivity index (χ0) is 11.8. The molecule has 17 heavy (non-hydrogen) atoms. The molecule has 0 spiro atoms. The molecule has 0 aliphatic heterocycles. The van der Waals surface area contributed by atoms with Crippen LogP contribution in [0.25, 0.3) is 0 Å². The van der Waals surface area contributed by atoms with E-state index in [1.165, 1.54) is 12.0 Å². The van der Waals surface area contributed by atoms with Gasteiger partial charge in [-0.1, -0.05) is 29.8 Å². The summed E-state index contributed by atoms with van der Waals surface area (Å²) >= 11 is 0. The zero-order valence-electron chi connectivity index (χ0n) is 10.0. The van der Waals surface area contributed by atoms with Gasteiger partial charge < -0.3 is 5.32 Å². The SMILES string of the molecule is Cc1ccc(C(=O)NC2CC3C=CC2C3)cc1. The first kappa shape index (κ1) is 10.6. The van der Waals surface area contributed by atoms with E-state index in [2.05, 4.69) is 17.5 Å². The number of fused-ring (bicyclic) bond motifs is 2. The molecule has 1 amide bonds. The predicted octanol–water partition coefficient (Wildman–Crippen LogP) is 2.69. The fourth-order valence-electron chi connectivity index (χ4n) is 2.90. The Hall–Kier alpha value is -1.57. The summed E-state index contributed by atoms with van der Waals surface area (Å²) in [4.78, 5) is 12.1. The molecule has 0 radical (unpaired) electrons. The first-order valence-corrected chi connectivity index (χ1v) is 6.28. The van der Waals surface area contributed by atoms with Gasteiger partial charge in [-0.05, 0) is 43.7 Å². The van der Waals surface area contributed by atoms with Gasteiger partial charge in [-0.2, -0.15) is 0 Å². The highest BCUT2D eigenvalue weighted by atomic mass is 16.1. The summed E-state index contributed by atoms with van der Waals surface area (Å²) in [6, 6.07) is 8.10. The van der Waals surface area contributed by atoms with Crippen molar-refractivity contribution in [2.45, 2.75) is 25.8 Å². The van der Waals surface area contributed by atoms with Crippen molar-refractivity contribution in [3.05, 3.63) is 47.5 Å². The number of carbonyl (C=O) groups is 1. The van der Waals surface area contributed by atoms with E-state index in [9.17, 15) is 4.79 Å². The molecule has 1 N–H and O–H groups in total. The number of hydrogen-bond acceptors (Lipinski definition) is 1. The van der Waals surface area contributed by atoms with E-state index in [1.807, 2.05) is 31.2 Å². The van der Waals surface area contributed by atoms with Gasteiger partial charge in [-0.15, -0.1) is 0 Å². The summed E-state index contributed by atoms with van der Waals surface area (Å²) in [7, 11) is 0. The summed E-state index contributed by atoms with van der Waals surface area (Å²) in [6.07, 6.45) is 6.88. The molecule has 2 heteroatoms. The Bertz CT molecular complexity index is 460. The summed E-state index contributed by atoms with van der Waals surface area (Å²) < 4.78 is 0. The van der Waals surface area contributed by atoms with Crippen LogP contribution < -0.4 is 5.32 Å². The van der Waals surface area contributed by atoms with Gasteiger partial charge in [0.15, 0.2) is 0 Å². The van der Waals surface area contributed by atoms with Crippen molar-refractivity contribution in [3.8, 4) is 0 Å². The Labute approximate surface area is 102 Å². The van der Waals surface area contributed by atoms with Gasteiger partial charge in [-0.3, -0.25) is 4.79 Å². The maximum absolute atomic E-state index is 12.1. The standard InChI is InChI=1S/C15H17NO/c1-10-2-5-12(6-3-10)15(17)16-14-9-11-4-7-13(14)8-11/h2-7,11,13-14H,8-9H2,1H3,(H,16,17). The summed E-state index contributed by atoms with van der Waals surface area (Å²) in [5.74, 6) is 1.33. The third kappa shape index (κ3) is 1.99. The lowest BCUT2D eigenvalue weighted by atomic mass is 10.0. The molecule has 1 aromatic carbocycles. The first-order chi connectivity index (χ1) is 8.22. The van der Waals surface area contributed by atoms with Crippen LogP contribution in [0.3, 0.4) is 0 Å². The van der Waals surface area contributed by atoms with Crippen molar-refractivity contribution in [3.63, 3.8) is 0 Å². The number of benzene rings is 1. The topological polar surface area (TPSA) is 29.1 Å². The van der Waals surface area contributed by atoms with Crippen molar-refractivity contribution in [2.75, 3.05) is 0 Å². The molecule has 2 aliphatic rings. The molecule has 1 fully saturated rings. The highest BCUT2D eigenvalue weighted by molar-refractivity contribution is 5.94. The lowest BCUT2D eigenvalue weighted by Crippen LogP contribution is -2.37. The summed E-state index contributed by atoms with van der Waals surface area (Å²) in [5, 5.41) is 3.16. The fraction of sp³-hybridized carbons (Fsp3) is 0.400. The van der Waals surface area contributed by atoms with Crippen LogP contribution in [-0.4, -0.2) is 11.9 Å². The van der Waals surface area contributed by atoms with E-state index in [-0.39, 0.29) is 5.91 Å². The lowest BCUT2D eigenvalue weighted by molar-refractivity contribution is 0.0931. The Morgan fingerprint density at radius 3 is 2.53 bits per heavy atom. The van der Waals surface area contributed by atoms with Crippen LogP contribution in [0.2, 0.25) is 0 Å². The lowest BCUT2D eigenvalue weighted by Gasteiger charge is -2.19. The highest BCUT2D eigenvalue weighted by Crippen LogP contribution is 2.38. The molecule has 1 saturated carbocycles. The minimum absolute atomic E-state index is 0.0657. The molecule has 3 rings (SSSR count). The molecular formula is C15H17NO. The molecule has 2 nitrogen and oxygen atoms in total. The molecule has 1 aromatic rings. The number of hydrogen-bond donors (Lipinski definition) is 1. The molecule has 0 aromatic heterocycles. The predicted molar refractivity (Wildman–Crippen MR) is 67.8 cm³/mol. The van der Waals surface area contributed by atoms with Crippen molar-refractivity contribution in [1.29, 1.82) is 0 Å². The molecule has 2 bridgehead atoms. The minimum Gasteiger partial charge on any atom is -0.349 e. The first-order valence-electron chi connectivity index (χ1n) is 6.28. The number of carbonyl (C=O) groups excluding carboxylic acids is 1. The average molecular weight is 227 g/mol. The smallest absolute Gasteiger partial charge is 0.251 e. The van der Waals surface area contributed by atoms with Gasteiger partial charge in [-0.25, -0.2) is 0 Å². The van der Waals surface area contributed by atoms with E-state index in [1.54, 1.807) is 0 Å². The van der Waals surface area contributed by atoms with Gasteiger partial charge in [0, 0.05) is 11.6 Å². The van der Waals surface area contributed by atoms with Crippen molar-refractivity contribution >= 4 is 5.91 Å². The van der Waals surface area contributed by atoms with Crippen molar-refractivity contribution < 1.29 is 4.79 Å². The third-order valence-corrected chi connectivity index (χ3v) is 3.91. The van der Waals surface area contributed by atoms with Crippen LogP contribution in [0.5, 0.6) is 0 Å². The molecule has 0 heterocycles. The van der Waals surface area contributed by atoms with E-state index in [4.69, 9.17) is 0 Å². The molecule has 2 aliphatic carbocycles. The Balaban J connectivity index is 1.68. The third-order valence-electron chi connectivity index (χ3n) is 3.91. The molecule has 3 unspecified atom stereocenters. The van der Waals surface area contributed by atoms with Crippen molar-refractivity contribution in [1.82, 2.24) is 5.32 Å². The maximum Gasteiger partial charge on any atom is 0.251 e. The minimum atomic E-state index is 0.0657. The van der Waals surface area contributed by atoms with Gasteiger partial charge in [0.25, 0.3) is 5.91 Å². The van der Waals surface area contributed by atoms with Crippen LogP contribution >= 0.6 is 0 Å². The second-order valence-corrected chi connectivity index (χ2v) is 5.23. The highest BCUT2D eigenvalue weighted by Gasteiger charge is 2.36. The largest absolute Gasteiger partial charge is 0.349 e. The van der Waals surface area contributed by atoms with Gasteiger partial charge in [0.2, 0.25) is 0 Å². The molecule has 3 atom stereocenters. The summed E-state index contributed by atoms with van der Waals surface area (Å²) in [5.41, 5.74) is 1.95. The Morgan fingerprint density at radius 1 is 1.18 bits per heavy atom. The second kappa shape index (κ2) is 4.02. The van der Waals surface area contributed by atoms with Crippen LogP contribution in [0.4, 0.5) is 0 Å². The van der Waals surface area contributed by atoms with Crippen LogP contribution in [-0.2, 0) is 0 Å². The van der Waals surface area contributed by atoms with E-state index in [0.717, 1.165) is 12.0 Å². The second-order valence-electron chi connectivity index (χ2n) is 5.23. The monoisotopic (exact) mass is 227 g/mol. The van der Waals surface area contributed by atoms with E-state index in [0.29, 0.717) is 17.9 Å². The van der Waals surface area contributed by atoms with Crippen LogP contribution in [0, 0.1) is 18.8 Å². The average Bonchev–Trinajstić information content (AvgIpc) is 2.91. The Morgan fingerprint density at radius 2 is 1.94 bits per heavy atom. The zero-order valence-corrected chi connectivity index (χ0v) is 10.0.